The molecule has 2 rings (SSSR count). The highest BCUT2D eigenvalue weighted by molar-refractivity contribution is 5.52. The van der Waals surface area contributed by atoms with Crippen molar-refractivity contribution in [1.29, 1.82) is 0 Å². The first-order valence-electron chi connectivity index (χ1n) is 6.27. The molecular weight excluding hydrogens is 220 g/mol. The molecule has 0 aliphatic rings. The van der Waals surface area contributed by atoms with Gasteiger partial charge in [0.1, 0.15) is 0 Å². The van der Waals surface area contributed by atoms with Gasteiger partial charge in [0.15, 0.2) is 0 Å². The van der Waals surface area contributed by atoms with Crippen molar-refractivity contribution >= 4 is 11.4 Å². The number of anilines is 2. The Balaban J connectivity index is 2.11. The van der Waals surface area contributed by atoms with Gasteiger partial charge in [-0.25, -0.2) is 0 Å². The molecule has 18 heavy (non-hydrogen) atoms. The van der Waals surface area contributed by atoms with E-state index in [1.54, 1.807) is 0 Å². The first kappa shape index (κ1) is 12.5. The fourth-order valence-electron chi connectivity index (χ4n) is 2.13. The lowest BCUT2D eigenvalue weighted by molar-refractivity contribution is 0.946. The first-order valence-corrected chi connectivity index (χ1v) is 6.27. The molecule has 0 aliphatic carbocycles. The van der Waals surface area contributed by atoms with Crippen LogP contribution in [0.2, 0.25) is 0 Å². The fourth-order valence-corrected chi connectivity index (χ4v) is 2.13. The molecular formula is C16H20N2. The molecule has 2 heteroatoms. The van der Waals surface area contributed by atoms with Crippen LogP contribution in [0.1, 0.15) is 22.3 Å². The Morgan fingerprint density at radius 3 is 2.11 bits per heavy atom. The summed E-state index contributed by atoms with van der Waals surface area (Å²) in [5.41, 5.74) is 18.5. The predicted octanol–water partition coefficient (Wildman–Crippen LogP) is 3.25. The number of rotatable bonds is 3. The normalized spacial score (nSPS) is 10.6. The Morgan fingerprint density at radius 1 is 0.778 bits per heavy atom. The summed E-state index contributed by atoms with van der Waals surface area (Å²) in [4.78, 5) is 0. The fraction of sp³-hybridized carbons (Fsp3) is 0.250. The van der Waals surface area contributed by atoms with Crippen molar-refractivity contribution in [2.24, 2.45) is 0 Å². The molecule has 0 heterocycles. The van der Waals surface area contributed by atoms with Crippen molar-refractivity contribution in [3.63, 3.8) is 0 Å². The summed E-state index contributed by atoms with van der Waals surface area (Å²) in [5.74, 6) is 0. The highest BCUT2D eigenvalue weighted by Crippen LogP contribution is 2.21. The maximum Gasteiger partial charge on any atom is 0.0346 e. The molecule has 0 bridgehead atoms. The van der Waals surface area contributed by atoms with E-state index >= 15 is 0 Å². The average molecular weight is 240 g/mol. The number of aryl methyl sites for hydroxylation is 2. The van der Waals surface area contributed by atoms with Crippen LogP contribution < -0.4 is 11.5 Å². The number of nitrogens with two attached hydrogens (primary N) is 2. The Kier molecular flexibility index (Phi) is 3.56. The van der Waals surface area contributed by atoms with E-state index in [1.807, 2.05) is 18.2 Å². The number of hydrogen-bond donors (Lipinski definition) is 2. The maximum atomic E-state index is 5.90. The molecule has 0 atom stereocenters. The third-order valence-electron chi connectivity index (χ3n) is 3.60. The standard InChI is InChI=1S/C16H20N2/c1-11-12(2)16(18)10-7-14(11)6-3-13-4-8-15(17)9-5-13/h4-5,7-10H,3,6,17-18H2,1-2H3. The summed E-state index contributed by atoms with van der Waals surface area (Å²) >= 11 is 0. The summed E-state index contributed by atoms with van der Waals surface area (Å²) < 4.78 is 0. The summed E-state index contributed by atoms with van der Waals surface area (Å²) in [6.07, 6.45) is 2.07. The summed E-state index contributed by atoms with van der Waals surface area (Å²) in [7, 11) is 0. The van der Waals surface area contributed by atoms with Crippen LogP contribution in [0, 0.1) is 13.8 Å². The van der Waals surface area contributed by atoms with Gasteiger partial charge in [0.25, 0.3) is 0 Å². The van der Waals surface area contributed by atoms with Gasteiger partial charge in [-0.15, -0.1) is 0 Å². The quantitative estimate of drug-likeness (QED) is 0.809. The van der Waals surface area contributed by atoms with Crippen LogP contribution >= 0.6 is 0 Å². The van der Waals surface area contributed by atoms with Crippen LogP contribution in [-0.2, 0) is 12.8 Å². The Hall–Kier alpha value is -1.96. The summed E-state index contributed by atoms with van der Waals surface area (Å²) in [6.45, 7) is 4.22. The van der Waals surface area contributed by atoms with Crippen LogP contribution in [0.4, 0.5) is 11.4 Å². The van der Waals surface area contributed by atoms with Crippen LogP contribution in [-0.4, -0.2) is 0 Å². The molecule has 2 aromatic carbocycles. The molecule has 0 aliphatic heterocycles. The lowest BCUT2D eigenvalue weighted by atomic mass is 9.96. The van der Waals surface area contributed by atoms with Gasteiger partial charge in [0, 0.05) is 11.4 Å². The number of benzene rings is 2. The average Bonchev–Trinajstić information content (AvgIpc) is 2.37. The van der Waals surface area contributed by atoms with Gasteiger partial charge < -0.3 is 11.5 Å². The first-order chi connectivity index (χ1) is 8.58. The largest absolute Gasteiger partial charge is 0.399 e. The van der Waals surface area contributed by atoms with Crippen molar-refractivity contribution < 1.29 is 0 Å². The smallest absolute Gasteiger partial charge is 0.0346 e. The Morgan fingerprint density at radius 2 is 1.44 bits per heavy atom. The maximum absolute atomic E-state index is 5.90. The van der Waals surface area contributed by atoms with Crippen LogP contribution in [0.3, 0.4) is 0 Å². The molecule has 0 fully saturated rings. The topological polar surface area (TPSA) is 52.0 Å². The van der Waals surface area contributed by atoms with Gasteiger partial charge in [0.2, 0.25) is 0 Å². The van der Waals surface area contributed by atoms with Crippen molar-refractivity contribution in [3.8, 4) is 0 Å². The van der Waals surface area contributed by atoms with E-state index in [0.29, 0.717) is 0 Å². The summed E-state index contributed by atoms with van der Waals surface area (Å²) in [6, 6.07) is 12.2. The molecule has 0 saturated heterocycles. The van der Waals surface area contributed by atoms with E-state index in [1.165, 1.54) is 22.3 Å². The Labute approximate surface area is 109 Å². The zero-order chi connectivity index (χ0) is 13.1. The van der Waals surface area contributed by atoms with Crippen LogP contribution in [0.25, 0.3) is 0 Å². The second-order valence-corrected chi connectivity index (χ2v) is 4.81. The predicted molar refractivity (Wildman–Crippen MR) is 78.6 cm³/mol. The van der Waals surface area contributed by atoms with Crippen LogP contribution in [0.5, 0.6) is 0 Å². The van der Waals surface area contributed by atoms with Crippen molar-refractivity contribution in [3.05, 3.63) is 58.7 Å². The van der Waals surface area contributed by atoms with Gasteiger partial charge in [0.05, 0.1) is 0 Å². The van der Waals surface area contributed by atoms with E-state index in [4.69, 9.17) is 11.5 Å². The van der Waals surface area contributed by atoms with E-state index in [-0.39, 0.29) is 0 Å². The minimum atomic E-state index is 0.818. The number of nitrogen functional groups attached to an aromatic ring is 2. The zero-order valence-electron chi connectivity index (χ0n) is 11.0. The monoisotopic (exact) mass is 240 g/mol. The van der Waals surface area contributed by atoms with Crippen molar-refractivity contribution in [1.82, 2.24) is 0 Å². The van der Waals surface area contributed by atoms with E-state index in [2.05, 4.69) is 32.0 Å². The molecule has 0 aromatic heterocycles. The van der Waals surface area contributed by atoms with Gasteiger partial charge in [-0.3, -0.25) is 0 Å². The lowest BCUT2D eigenvalue weighted by Crippen LogP contribution is -1.99. The Bertz CT molecular complexity index is 542. The molecule has 94 valence electrons. The second-order valence-electron chi connectivity index (χ2n) is 4.81. The van der Waals surface area contributed by atoms with Crippen molar-refractivity contribution in [2.75, 3.05) is 11.5 Å². The lowest BCUT2D eigenvalue weighted by Gasteiger charge is -2.11. The van der Waals surface area contributed by atoms with Crippen molar-refractivity contribution in [2.45, 2.75) is 26.7 Å². The molecule has 0 saturated carbocycles. The zero-order valence-corrected chi connectivity index (χ0v) is 11.0. The molecule has 0 unspecified atom stereocenters. The molecule has 0 spiro atoms. The molecule has 4 N–H and O–H groups in total. The minimum absolute atomic E-state index is 0.818. The highest BCUT2D eigenvalue weighted by Gasteiger charge is 2.04. The minimum Gasteiger partial charge on any atom is -0.399 e. The van der Waals surface area contributed by atoms with Gasteiger partial charge >= 0.3 is 0 Å². The SMILES string of the molecule is Cc1c(N)ccc(CCc2ccc(N)cc2)c1C. The van der Waals surface area contributed by atoms with E-state index < -0.39 is 0 Å². The molecule has 0 amide bonds. The van der Waals surface area contributed by atoms with Gasteiger partial charge in [-0.05, 0) is 67.1 Å². The van der Waals surface area contributed by atoms with E-state index in [9.17, 15) is 0 Å². The van der Waals surface area contributed by atoms with Gasteiger partial charge in [-0.2, -0.15) is 0 Å². The van der Waals surface area contributed by atoms with E-state index in [0.717, 1.165) is 24.2 Å². The second kappa shape index (κ2) is 5.13. The third kappa shape index (κ3) is 2.65. The summed E-state index contributed by atoms with van der Waals surface area (Å²) in [5, 5.41) is 0. The van der Waals surface area contributed by atoms with Crippen LogP contribution in [0.15, 0.2) is 36.4 Å². The molecule has 2 aromatic rings. The highest BCUT2D eigenvalue weighted by atomic mass is 14.6. The number of hydrogen-bond acceptors (Lipinski definition) is 2. The third-order valence-corrected chi connectivity index (χ3v) is 3.60. The molecule has 0 radical (unpaired) electrons. The molecule has 2 nitrogen and oxygen atoms in total. The van der Waals surface area contributed by atoms with Gasteiger partial charge in [-0.1, -0.05) is 18.2 Å².